The highest BCUT2D eigenvalue weighted by molar-refractivity contribution is 9.10. The van der Waals surface area contributed by atoms with Crippen LogP contribution in [0.15, 0.2) is 41.4 Å². The van der Waals surface area contributed by atoms with Gasteiger partial charge < -0.3 is 9.88 Å². The number of imidazole rings is 1. The van der Waals surface area contributed by atoms with E-state index in [1.54, 1.807) is 18.5 Å². The van der Waals surface area contributed by atoms with Crippen LogP contribution in [0.1, 0.15) is 17.4 Å². The number of pyridine rings is 2. The van der Waals surface area contributed by atoms with Gasteiger partial charge in [0.1, 0.15) is 11.5 Å². The number of halogens is 1. The van der Waals surface area contributed by atoms with E-state index in [1.807, 2.05) is 29.7 Å². The monoisotopic (exact) mass is 345 g/mol. The molecule has 7 heteroatoms. The van der Waals surface area contributed by atoms with Gasteiger partial charge in [-0.15, -0.1) is 0 Å². The molecule has 0 aromatic carbocycles. The summed E-state index contributed by atoms with van der Waals surface area (Å²) in [7, 11) is 0. The normalized spacial score (nSPS) is 10.8. The van der Waals surface area contributed by atoms with E-state index in [1.165, 1.54) is 0 Å². The fraction of sp³-hybridized carbons (Fsp3) is 0.143. The number of aryl methyl sites for hydroxylation is 1. The Morgan fingerprint density at radius 2 is 2.19 bits per heavy atom. The van der Waals surface area contributed by atoms with Crippen LogP contribution in [0.3, 0.4) is 0 Å². The van der Waals surface area contributed by atoms with Crippen molar-refractivity contribution in [2.45, 2.75) is 13.5 Å². The standard InChI is InChI=1S/C14H12BrN5O/c1-2-20-8-10(17-14(20)15)13(21)19-11-6-5-9-4-3-7-16-12(9)18-11/h3-8H,2H2,1H3,(H,16,18,19,21). The number of carbonyl (C=O) groups excluding carboxylic acids is 1. The van der Waals surface area contributed by atoms with Crippen LogP contribution in [-0.4, -0.2) is 25.4 Å². The first-order valence-electron chi connectivity index (χ1n) is 6.43. The third kappa shape index (κ3) is 2.78. The van der Waals surface area contributed by atoms with Crippen molar-refractivity contribution in [1.29, 1.82) is 0 Å². The summed E-state index contributed by atoms with van der Waals surface area (Å²) in [5.74, 6) is 0.152. The van der Waals surface area contributed by atoms with Crippen molar-refractivity contribution in [2.75, 3.05) is 5.32 Å². The minimum atomic E-state index is -0.300. The second-order valence-corrected chi connectivity index (χ2v) is 5.09. The third-order valence-electron chi connectivity index (χ3n) is 3.01. The van der Waals surface area contributed by atoms with Crippen LogP contribution in [0.5, 0.6) is 0 Å². The Hall–Kier alpha value is -2.28. The number of nitrogens with one attached hydrogen (secondary N) is 1. The van der Waals surface area contributed by atoms with E-state index in [0.717, 1.165) is 11.9 Å². The number of anilines is 1. The van der Waals surface area contributed by atoms with Crippen LogP contribution in [-0.2, 0) is 6.54 Å². The largest absolute Gasteiger partial charge is 0.325 e. The van der Waals surface area contributed by atoms with Gasteiger partial charge in [-0.3, -0.25) is 4.79 Å². The van der Waals surface area contributed by atoms with E-state index < -0.39 is 0 Å². The molecule has 0 atom stereocenters. The van der Waals surface area contributed by atoms with Crippen LogP contribution in [0.4, 0.5) is 5.82 Å². The molecule has 0 aliphatic heterocycles. The molecule has 1 amide bonds. The summed E-state index contributed by atoms with van der Waals surface area (Å²) in [6, 6.07) is 7.37. The highest BCUT2D eigenvalue weighted by Crippen LogP contribution is 2.14. The molecule has 1 N–H and O–H groups in total. The summed E-state index contributed by atoms with van der Waals surface area (Å²) in [6.45, 7) is 2.71. The molecule has 0 aliphatic rings. The minimum absolute atomic E-state index is 0.300. The average molecular weight is 346 g/mol. The summed E-state index contributed by atoms with van der Waals surface area (Å²) in [5.41, 5.74) is 0.933. The van der Waals surface area contributed by atoms with Crippen molar-refractivity contribution in [2.24, 2.45) is 0 Å². The highest BCUT2D eigenvalue weighted by Gasteiger charge is 2.13. The van der Waals surface area contributed by atoms with E-state index in [-0.39, 0.29) is 5.91 Å². The lowest BCUT2D eigenvalue weighted by molar-refractivity contribution is 0.102. The molecular weight excluding hydrogens is 334 g/mol. The van der Waals surface area contributed by atoms with Crippen molar-refractivity contribution in [3.63, 3.8) is 0 Å². The molecule has 3 aromatic heterocycles. The molecular formula is C14H12BrN5O. The number of carbonyl (C=O) groups is 1. The second-order valence-electron chi connectivity index (χ2n) is 4.38. The molecule has 0 fully saturated rings. The van der Waals surface area contributed by atoms with E-state index in [9.17, 15) is 4.79 Å². The van der Waals surface area contributed by atoms with E-state index in [4.69, 9.17) is 0 Å². The zero-order valence-corrected chi connectivity index (χ0v) is 12.8. The smallest absolute Gasteiger partial charge is 0.277 e. The second kappa shape index (κ2) is 5.61. The molecule has 0 aliphatic carbocycles. The van der Waals surface area contributed by atoms with E-state index in [2.05, 4.69) is 36.2 Å². The number of aromatic nitrogens is 4. The topological polar surface area (TPSA) is 72.7 Å². The molecule has 21 heavy (non-hydrogen) atoms. The van der Waals surface area contributed by atoms with Gasteiger partial charge in [-0.2, -0.15) is 0 Å². The summed E-state index contributed by atoms with van der Waals surface area (Å²) >= 11 is 3.31. The van der Waals surface area contributed by atoms with E-state index >= 15 is 0 Å². The predicted molar refractivity (Wildman–Crippen MR) is 83.1 cm³/mol. The summed E-state index contributed by atoms with van der Waals surface area (Å²) in [5, 5.41) is 3.65. The molecule has 0 bridgehead atoms. The maximum absolute atomic E-state index is 12.2. The Labute approximate surface area is 129 Å². The number of nitrogens with zero attached hydrogens (tertiary/aromatic N) is 4. The van der Waals surface area contributed by atoms with Gasteiger partial charge in [0.15, 0.2) is 10.4 Å². The first-order valence-corrected chi connectivity index (χ1v) is 7.22. The molecule has 0 saturated heterocycles. The van der Waals surface area contributed by atoms with Crippen LogP contribution < -0.4 is 5.32 Å². The quantitative estimate of drug-likeness (QED) is 0.792. The molecule has 0 radical (unpaired) electrons. The van der Waals surface area contributed by atoms with Gasteiger partial charge in [0, 0.05) is 24.3 Å². The van der Waals surface area contributed by atoms with Crippen molar-refractivity contribution in [3.05, 3.63) is 47.1 Å². The van der Waals surface area contributed by atoms with Gasteiger partial charge in [-0.1, -0.05) is 0 Å². The van der Waals surface area contributed by atoms with Crippen LogP contribution in [0, 0.1) is 0 Å². The molecule has 6 nitrogen and oxygen atoms in total. The molecule has 3 rings (SSSR count). The van der Waals surface area contributed by atoms with Gasteiger partial charge in [0.05, 0.1) is 0 Å². The first kappa shape index (κ1) is 13.7. The van der Waals surface area contributed by atoms with Crippen LogP contribution in [0.2, 0.25) is 0 Å². The van der Waals surface area contributed by atoms with Gasteiger partial charge in [-0.05, 0) is 47.1 Å². The predicted octanol–water partition coefficient (Wildman–Crippen LogP) is 2.86. The summed E-state index contributed by atoms with van der Waals surface area (Å²) < 4.78 is 2.47. The van der Waals surface area contributed by atoms with Crippen LogP contribution >= 0.6 is 15.9 Å². The lowest BCUT2D eigenvalue weighted by atomic mass is 10.3. The zero-order chi connectivity index (χ0) is 14.8. The third-order valence-corrected chi connectivity index (χ3v) is 3.64. The van der Waals surface area contributed by atoms with Gasteiger partial charge in [0.25, 0.3) is 5.91 Å². The fourth-order valence-corrected chi connectivity index (χ4v) is 2.47. The number of fused-ring (bicyclic) bond motifs is 1. The Balaban J connectivity index is 1.85. The molecule has 0 spiro atoms. The molecule has 0 saturated carbocycles. The molecule has 0 unspecified atom stereocenters. The summed E-state index contributed by atoms with van der Waals surface area (Å²) in [6.07, 6.45) is 3.36. The van der Waals surface area contributed by atoms with Gasteiger partial charge in [-0.25, -0.2) is 15.0 Å². The van der Waals surface area contributed by atoms with Gasteiger partial charge >= 0.3 is 0 Å². The minimum Gasteiger partial charge on any atom is -0.325 e. The number of amides is 1. The highest BCUT2D eigenvalue weighted by atomic mass is 79.9. The fourth-order valence-electron chi connectivity index (χ4n) is 1.93. The lowest BCUT2D eigenvalue weighted by Gasteiger charge is -2.03. The van der Waals surface area contributed by atoms with Crippen molar-refractivity contribution in [3.8, 4) is 0 Å². The molecule has 106 valence electrons. The average Bonchev–Trinajstić information content (AvgIpc) is 2.88. The maximum atomic E-state index is 12.2. The molecule has 3 aromatic rings. The Morgan fingerprint density at radius 3 is 2.95 bits per heavy atom. The Kier molecular flexibility index (Phi) is 3.66. The molecule has 3 heterocycles. The SMILES string of the molecule is CCn1cc(C(=O)Nc2ccc3cccnc3n2)nc1Br. The zero-order valence-electron chi connectivity index (χ0n) is 11.2. The van der Waals surface area contributed by atoms with Crippen molar-refractivity contribution in [1.82, 2.24) is 19.5 Å². The number of hydrogen-bond acceptors (Lipinski definition) is 4. The van der Waals surface area contributed by atoms with Crippen LogP contribution in [0.25, 0.3) is 11.0 Å². The Bertz CT molecular complexity index is 814. The number of hydrogen-bond donors (Lipinski definition) is 1. The van der Waals surface area contributed by atoms with Crippen molar-refractivity contribution >= 4 is 38.7 Å². The number of rotatable bonds is 3. The first-order chi connectivity index (χ1) is 10.2. The van der Waals surface area contributed by atoms with E-state index in [0.29, 0.717) is 21.9 Å². The Morgan fingerprint density at radius 1 is 1.33 bits per heavy atom. The van der Waals surface area contributed by atoms with Crippen molar-refractivity contribution < 1.29 is 4.79 Å². The summed E-state index contributed by atoms with van der Waals surface area (Å²) in [4.78, 5) is 24.8. The maximum Gasteiger partial charge on any atom is 0.277 e. The van der Waals surface area contributed by atoms with Gasteiger partial charge in [0.2, 0.25) is 0 Å². The lowest BCUT2D eigenvalue weighted by Crippen LogP contribution is -2.13.